The molecule has 0 spiro atoms. The number of nitrogens with one attached hydrogen (secondary N) is 1. The van der Waals surface area contributed by atoms with Gasteiger partial charge in [0.15, 0.2) is 5.82 Å². The number of nitrogen functional groups attached to an aromatic ring is 1. The smallest absolute Gasteiger partial charge is 0.259 e. The van der Waals surface area contributed by atoms with E-state index in [-0.39, 0.29) is 22.8 Å². The average Bonchev–Trinajstić information content (AvgIpc) is 3.35. The van der Waals surface area contributed by atoms with Crippen molar-refractivity contribution in [2.24, 2.45) is 5.92 Å². The number of amides is 1. The number of anilines is 2. The van der Waals surface area contributed by atoms with Crippen LogP contribution in [0, 0.1) is 5.92 Å². The Morgan fingerprint density at radius 2 is 2.08 bits per heavy atom. The normalized spacial score (nSPS) is 14.2. The molecular weight excluding hydrogens is 333 g/mol. The first-order valence-corrected chi connectivity index (χ1v) is 8.68. The van der Waals surface area contributed by atoms with Crippen molar-refractivity contribution < 1.29 is 9.28 Å². The molecule has 26 heavy (non-hydrogen) atoms. The molecule has 0 bridgehead atoms. The fraction of sp³-hybridized carbons (Fsp3) is 0.316. The van der Waals surface area contributed by atoms with Crippen LogP contribution in [0.25, 0.3) is 21.9 Å². The Labute approximate surface area is 150 Å². The molecular formula is C19H20FN5O. The maximum absolute atomic E-state index is 14.4. The second kappa shape index (κ2) is 6.09. The van der Waals surface area contributed by atoms with Gasteiger partial charge in [0.25, 0.3) is 5.91 Å². The van der Waals surface area contributed by atoms with Crippen LogP contribution in [0.2, 0.25) is 0 Å². The van der Waals surface area contributed by atoms with Gasteiger partial charge in [-0.05, 0) is 47.9 Å². The van der Waals surface area contributed by atoms with Crippen LogP contribution in [0.5, 0.6) is 0 Å². The largest absolute Gasteiger partial charge is 0.398 e. The van der Waals surface area contributed by atoms with Crippen molar-refractivity contribution in [1.29, 1.82) is 0 Å². The highest BCUT2D eigenvalue weighted by Gasteiger charge is 2.35. The summed E-state index contributed by atoms with van der Waals surface area (Å²) in [6.45, 7) is 4.15. The summed E-state index contributed by atoms with van der Waals surface area (Å²) in [5, 5.41) is 8.75. The van der Waals surface area contributed by atoms with Gasteiger partial charge in [0, 0.05) is 34.4 Å². The molecule has 0 saturated heterocycles. The van der Waals surface area contributed by atoms with E-state index in [0.29, 0.717) is 5.69 Å². The van der Waals surface area contributed by atoms with Gasteiger partial charge in [-0.2, -0.15) is 5.10 Å². The molecule has 6 nitrogen and oxygen atoms in total. The van der Waals surface area contributed by atoms with Crippen LogP contribution in [0.1, 0.15) is 38.3 Å². The molecule has 134 valence electrons. The zero-order valence-electron chi connectivity index (χ0n) is 14.7. The summed E-state index contributed by atoms with van der Waals surface area (Å²) in [6.07, 6.45) is 4.75. The Kier molecular flexibility index (Phi) is 3.86. The quantitative estimate of drug-likeness (QED) is 0.549. The molecule has 1 amide bonds. The predicted molar refractivity (Wildman–Crippen MR) is 99.1 cm³/mol. The summed E-state index contributed by atoms with van der Waals surface area (Å²) in [4.78, 5) is 16.0. The number of fused-ring (bicyclic) bond motifs is 1. The number of nitrogens with two attached hydrogens (primary N) is 1. The minimum Gasteiger partial charge on any atom is -0.398 e. The molecule has 0 aliphatic heterocycles. The monoisotopic (exact) mass is 353 g/mol. The fourth-order valence-corrected chi connectivity index (χ4v) is 3.11. The van der Waals surface area contributed by atoms with E-state index < -0.39 is 5.91 Å². The molecule has 2 heterocycles. The third kappa shape index (κ3) is 2.79. The first-order chi connectivity index (χ1) is 12.5. The number of nitrogens with zero attached hydrogens (tertiary/aromatic N) is 3. The van der Waals surface area contributed by atoms with Crippen LogP contribution >= 0.6 is 0 Å². The lowest BCUT2D eigenvalue weighted by Gasteiger charge is -2.13. The molecule has 4 rings (SSSR count). The lowest BCUT2D eigenvalue weighted by molar-refractivity contribution is -0.122. The van der Waals surface area contributed by atoms with Gasteiger partial charge in [-0.15, -0.1) is 5.12 Å². The molecule has 0 atom stereocenters. The minimum absolute atomic E-state index is 0.0118. The number of benzene rings is 1. The van der Waals surface area contributed by atoms with Crippen molar-refractivity contribution in [3.8, 4) is 11.1 Å². The molecule has 1 fully saturated rings. The van der Waals surface area contributed by atoms with Gasteiger partial charge < -0.3 is 5.73 Å². The zero-order valence-corrected chi connectivity index (χ0v) is 14.7. The summed E-state index contributed by atoms with van der Waals surface area (Å²) in [6, 6.07) is 5.34. The second-order valence-electron chi connectivity index (χ2n) is 7.07. The summed E-state index contributed by atoms with van der Waals surface area (Å²) >= 11 is 0. The Bertz CT molecular complexity index is 993. The summed E-state index contributed by atoms with van der Waals surface area (Å²) in [5.41, 5.74) is 9.59. The molecule has 1 aliphatic rings. The zero-order chi connectivity index (χ0) is 18.4. The molecule has 0 unspecified atom stereocenters. The predicted octanol–water partition coefficient (Wildman–Crippen LogP) is 3.96. The number of carbonyl (C=O) groups excluding carboxylic acids is 1. The van der Waals surface area contributed by atoms with E-state index in [2.05, 4.69) is 29.0 Å². The highest BCUT2D eigenvalue weighted by atomic mass is 19.2. The van der Waals surface area contributed by atoms with Gasteiger partial charge in [-0.25, -0.2) is 4.98 Å². The molecule has 2 aromatic heterocycles. The second-order valence-corrected chi connectivity index (χ2v) is 7.07. The fourth-order valence-electron chi connectivity index (χ4n) is 3.11. The SMILES string of the molecule is CC(C)c1[nH]ncc1-c1cc(N)c2cnc(N(F)C(=O)C3CC3)cc2c1. The third-order valence-electron chi connectivity index (χ3n) is 4.73. The van der Waals surface area contributed by atoms with E-state index >= 15 is 0 Å². The molecule has 1 aliphatic carbocycles. The van der Waals surface area contributed by atoms with Gasteiger partial charge in [0.1, 0.15) is 0 Å². The summed E-state index contributed by atoms with van der Waals surface area (Å²) in [7, 11) is 0. The van der Waals surface area contributed by atoms with Crippen LogP contribution in [-0.4, -0.2) is 21.1 Å². The van der Waals surface area contributed by atoms with Crippen LogP contribution in [0.15, 0.2) is 30.6 Å². The highest BCUT2D eigenvalue weighted by molar-refractivity contribution is 6.00. The number of halogens is 1. The van der Waals surface area contributed by atoms with E-state index in [9.17, 15) is 9.28 Å². The van der Waals surface area contributed by atoms with Crippen molar-refractivity contribution in [2.75, 3.05) is 10.9 Å². The first-order valence-electron chi connectivity index (χ1n) is 8.68. The Morgan fingerprint density at radius 3 is 2.77 bits per heavy atom. The molecule has 7 heteroatoms. The Hall–Kier alpha value is -2.96. The van der Waals surface area contributed by atoms with E-state index in [4.69, 9.17) is 5.73 Å². The highest BCUT2D eigenvalue weighted by Crippen LogP contribution is 2.35. The molecule has 3 aromatic rings. The lowest BCUT2D eigenvalue weighted by Crippen LogP contribution is -2.24. The molecule has 0 radical (unpaired) electrons. The van der Waals surface area contributed by atoms with Gasteiger partial charge in [0.2, 0.25) is 0 Å². The van der Waals surface area contributed by atoms with Gasteiger partial charge in [-0.1, -0.05) is 18.3 Å². The third-order valence-corrected chi connectivity index (χ3v) is 4.73. The maximum Gasteiger partial charge on any atom is 0.259 e. The standard InChI is InChI=1S/C19H20FN5O/c1-10(2)18-15(9-23-24-18)12-5-13-7-17(22-8-14(13)16(21)6-12)25(20)19(26)11-3-4-11/h5-11H,3-4,21H2,1-2H3,(H,23,24). The van der Waals surface area contributed by atoms with Gasteiger partial charge >= 0.3 is 0 Å². The van der Waals surface area contributed by atoms with Crippen molar-refractivity contribution in [2.45, 2.75) is 32.6 Å². The maximum atomic E-state index is 14.4. The number of rotatable bonds is 4. The molecule has 1 aromatic carbocycles. The van der Waals surface area contributed by atoms with Crippen LogP contribution in [0.4, 0.5) is 16.0 Å². The van der Waals surface area contributed by atoms with Gasteiger partial charge in [0.05, 0.1) is 6.20 Å². The lowest BCUT2D eigenvalue weighted by atomic mass is 9.97. The minimum atomic E-state index is -0.530. The number of H-pyrrole nitrogens is 1. The summed E-state index contributed by atoms with van der Waals surface area (Å²) < 4.78 is 14.4. The Balaban J connectivity index is 1.79. The number of hydrogen-bond acceptors (Lipinski definition) is 4. The topological polar surface area (TPSA) is 87.9 Å². The number of carbonyl (C=O) groups is 1. The Morgan fingerprint density at radius 1 is 1.31 bits per heavy atom. The van der Waals surface area contributed by atoms with Gasteiger partial charge in [-0.3, -0.25) is 9.89 Å². The van der Waals surface area contributed by atoms with Crippen LogP contribution < -0.4 is 10.9 Å². The van der Waals surface area contributed by atoms with Crippen molar-refractivity contribution in [3.05, 3.63) is 36.3 Å². The van der Waals surface area contributed by atoms with Crippen LogP contribution in [-0.2, 0) is 4.79 Å². The van der Waals surface area contributed by atoms with E-state index in [1.807, 2.05) is 12.1 Å². The van der Waals surface area contributed by atoms with Crippen molar-refractivity contribution >= 4 is 28.2 Å². The van der Waals surface area contributed by atoms with E-state index in [1.54, 1.807) is 12.3 Å². The average molecular weight is 353 g/mol. The number of hydrogen-bond donors (Lipinski definition) is 2. The molecule has 3 N–H and O–H groups in total. The number of aromatic nitrogens is 3. The number of pyridine rings is 1. The first kappa shape index (κ1) is 16.5. The summed E-state index contributed by atoms with van der Waals surface area (Å²) in [5.74, 6) is -0.483. The number of aromatic amines is 1. The van der Waals surface area contributed by atoms with E-state index in [1.165, 1.54) is 6.20 Å². The van der Waals surface area contributed by atoms with Crippen molar-refractivity contribution in [1.82, 2.24) is 15.2 Å². The van der Waals surface area contributed by atoms with Crippen molar-refractivity contribution in [3.63, 3.8) is 0 Å². The molecule has 1 saturated carbocycles. The van der Waals surface area contributed by atoms with Crippen LogP contribution in [0.3, 0.4) is 0 Å². The van der Waals surface area contributed by atoms with E-state index in [0.717, 1.165) is 40.4 Å².